The Morgan fingerprint density at radius 2 is 2.12 bits per heavy atom. The Morgan fingerprint density at radius 1 is 1.33 bits per heavy atom. The van der Waals surface area contributed by atoms with Gasteiger partial charge in [0.25, 0.3) is 5.91 Å². The number of ether oxygens (including phenoxy) is 1. The highest BCUT2D eigenvalue weighted by Gasteiger charge is 2.27. The van der Waals surface area contributed by atoms with E-state index in [1.807, 2.05) is 36.7 Å². The van der Waals surface area contributed by atoms with Crippen molar-refractivity contribution in [2.75, 3.05) is 13.2 Å². The topological polar surface area (TPSA) is 56.1 Å². The van der Waals surface area contributed by atoms with Gasteiger partial charge in [-0.1, -0.05) is 13.3 Å². The molecule has 128 valence electrons. The maximum atomic E-state index is 12.2. The van der Waals surface area contributed by atoms with Crippen LogP contribution in [0.4, 0.5) is 0 Å². The average molecular weight is 327 g/mol. The number of hydrogen-bond acceptors (Lipinski definition) is 3. The highest BCUT2D eigenvalue weighted by Crippen LogP contribution is 2.38. The van der Waals surface area contributed by atoms with Crippen LogP contribution in [0.15, 0.2) is 36.7 Å². The molecule has 1 heterocycles. The van der Waals surface area contributed by atoms with Crippen molar-refractivity contribution in [1.29, 1.82) is 0 Å². The molecule has 1 aliphatic carbocycles. The molecule has 5 heteroatoms. The van der Waals surface area contributed by atoms with Gasteiger partial charge in [0, 0.05) is 37.0 Å². The summed E-state index contributed by atoms with van der Waals surface area (Å²) in [6, 6.07) is 7.32. The summed E-state index contributed by atoms with van der Waals surface area (Å²) >= 11 is 0. The Hall–Kier alpha value is -2.30. The van der Waals surface area contributed by atoms with E-state index < -0.39 is 0 Å². The van der Waals surface area contributed by atoms with Gasteiger partial charge in [0.1, 0.15) is 11.6 Å². The van der Waals surface area contributed by atoms with Crippen LogP contribution in [0.1, 0.15) is 54.7 Å². The van der Waals surface area contributed by atoms with Gasteiger partial charge in [-0.3, -0.25) is 4.79 Å². The molecule has 1 N–H and O–H groups in total. The Kier molecular flexibility index (Phi) is 5.51. The average Bonchev–Trinajstić information content (AvgIpc) is 3.34. The van der Waals surface area contributed by atoms with Gasteiger partial charge in [-0.25, -0.2) is 4.98 Å². The Balaban J connectivity index is 1.45. The van der Waals surface area contributed by atoms with Gasteiger partial charge in [0.05, 0.1) is 6.61 Å². The highest BCUT2D eigenvalue weighted by molar-refractivity contribution is 5.94. The molecule has 1 amide bonds. The maximum absolute atomic E-state index is 12.2. The third-order valence-electron chi connectivity index (χ3n) is 4.21. The number of nitrogens with one attached hydrogen (secondary N) is 1. The summed E-state index contributed by atoms with van der Waals surface area (Å²) in [4.78, 5) is 16.6. The summed E-state index contributed by atoms with van der Waals surface area (Å²) in [7, 11) is 0. The van der Waals surface area contributed by atoms with Crippen molar-refractivity contribution >= 4 is 5.91 Å². The maximum Gasteiger partial charge on any atom is 0.251 e. The predicted molar refractivity (Wildman–Crippen MR) is 93.4 cm³/mol. The van der Waals surface area contributed by atoms with Crippen LogP contribution in [-0.4, -0.2) is 28.6 Å². The van der Waals surface area contributed by atoms with Crippen LogP contribution >= 0.6 is 0 Å². The first-order valence-corrected chi connectivity index (χ1v) is 8.80. The lowest BCUT2D eigenvalue weighted by atomic mass is 10.2. The van der Waals surface area contributed by atoms with E-state index in [1.165, 1.54) is 12.8 Å². The molecule has 1 fully saturated rings. The van der Waals surface area contributed by atoms with Crippen LogP contribution in [0.3, 0.4) is 0 Å². The van der Waals surface area contributed by atoms with E-state index in [2.05, 4.69) is 21.8 Å². The number of carbonyl (C=O) groups is 1. The minimum atomic E-state index is -0.0526. The van der Waals surface area contributed by atoms with Crippen molar-refractivity contribution in [2.24, 2.45) is 0 Å². The first kappa shape index (κ1) is 16.6. The monoisotopic (exact) mass is 327 g/mol. The molecule has 0 bridgehead atoms. The molecular formula is C19H25N3O2. The van der Waals surface area contributed by atoms with Crippen LogP contribution in [0.5, 0.6) is 5.75 Å². The number of benzene rings is 1. The van der Waals surface area contributed by atoms with Crippen LogP contribution in [0.2, 0.25) is 0 Å². The van der Waals surface area contributed by atoms with Crippen LogP contribution in [0.25, 0.3) is 0 Å². The van der Waals surface area contributed by atoms with Crippen molar-refractivity contribution in [3.05, 3.63) is 48.0 Å². The van der Waals surface area contributed by atoms with Crippen LogP contribution in [0, 0.1) is 0 Å². The normalized spacial score (nSPS) is 13.7. The molecule has 1 aliphatic rings. The quantitative estimate of drug-likeness (QED) is 0.719. The first-order valence-electron chi connectivity index (χ1n) is 8.80. The van der Waals surface area contributed by atoms with Gasteiger partial charge in [-0.05, 0) is 43.5 Å². The number of amides is 1. The zero-order valence-corrected chi connectivity index (χ0v) is 14.2. The second-order valence-corrected chi connectivity index (χ2v) is 6.24. The molecule has 0 spiro atoms. The molecular weight excluding hydrogens is 302 g/mol. The van der Waals surface area contributed by atoms with E-state index >= 15 is 0 Å². The lowest BCUT2D eigenvalue weighted by Crippen LogP contribution is -2.27. The largest absolute Gasteiger partial charge is 0.494 e. The molecule has 24 heavy (non-hydrogen) atoms. The third kappa shape index (κ3) is 4.37. The van der Waals surface area contributed by atoms with Gasteiger partial charge in [-0.2, -0.15) is 0 Å². The molecule has 2 aromatic rings. The Morgan fingerprint density at radius 3 is 2.83 bits per heavy atom. The van der Waals surface area contributed by atoms with Gasteiger partial charge >= 0.3 is 0 Å². The van der Waals surface area contributed by atoms with E-state index in [0.717, 1.165) is 37.6 Å². The number of nitrogens with zero attached hydrogens (tertiary/aromatic N) is 2. The van der Waals surface area contributed by atoms with Crippen molar-refractivity contribution in [3.63, 3.8) is 0 Å². The lowest BCUT2D eigenvalue weighted by Gasteiger charge is -2.09. The van der Waals surface area contributed by atoms with Gasteiger partial charge < -0.3 is 14.6 Å². The molecule has 0 saturated heterocycles. The minimum Gasteiger partial charge on any atom is -0.494 e. The number of rotatable bonds is 9. The third-order valence-corrected chi connectivity index (χ3v) is 4.21. The van der Waals surface area contributed by atoms with Crippen molar-refractivity contribution in [2.45, 2.75) is 45.1 Å². The Labute approximate surface area is 143 Å². The van der Waals surface area contributed by atoms with Gasteiger partial charge in [0.2, 0.25) is 0 Å². The molecule has 1 aromatic carbocycles. The second-order valence-electron chi connectivity index (χ2n) is 6.24. The van der Waals surface area contributed by atoms with Crippen molar-refractivity contribution < 1.29 is 9.53 Å². The second kappa shape index (κ2) is 7.99. The zero-order valence-electron chi connectivity index (χ0n) is 14.2. The molecule has 3 rings (SSSR count). The number of carbonyl (C=O) groups excluding carboxylic acids is 1. The minimum absolute atomic E-state index is 0.0526. The number of hydrogen-bond donors (Lipinski definition) is 1. The summed E-state index contributed by atoms with van der Waals surface area (Å²) < 4.78 is 7.75. The van der Waals surface area contributed by atoms with E-state index in [4.69, 9.17) is 4.74 Å². The van der Waals surface area contributed by atoms with E-state index in [0.29, 0.717) is 18.0 Å². The summed E-state index contributed by atoms with van der Waals surface area (Å²) in [5.41, 5.74) is 0.658. The number of imidazole rings is 1. The van der Waals surface area contributed by atoms with Crippen LogP contribution in [-0.2, 0) is 6.54 Å². The van der Waals surface area contributed by atoms with Gasteiger partial charge in [0.15, 0.2) is 0 Å². The van der Waals surface area contributed by atoms with Crippen molar-refractivity contribution in [3.8, 4) is 5.75 Å². The fourth-order valence-corrected chi connectivity index (χ4v) is 2.64. The fraction of sp³-hybridized carbons (Fsp3) is 0.474. The molecule has 5 nitrogen and oxygen atoms in total. The van der Waals surface area contributed by atoms with Crippen molar-refractivity contribution in [1.82, 2.24) is 14.9 Å². The number of aromatic nitrogens is 2. The van der Waals surface area contributed by atoms with Crippen LogP contribution < -0.4 is 10.1 Å². The standard InChI is InChI=1S/C19H25N3O2/c1-2-3-14-24-17-8-6-16(7-9-17)19(23)21-11-13-22-12-10-20-18(22)15-4-5-15/h6-10,12,15H,2-5,11,13-14H2,1H3,(H,21,23). The number of unbranched alkanes of at least 4 members (excludes halogenated alkanes) is 1. The molecule has 0 aliphatic heterocycles. The van der Waals surface area contributed by atoms with Gasteiger partial charge in [-0.15, -0.1) is 0 Å². The summed E-state index contributed by atoms with van der Waals surface area (Å²) in [6.45, 7) is 4.21. The Bertz CT molecular complexity index is 660. The zero-order chi connectivity index (χ0) is 16.8. The van der Waals surface area contributed by atoms with E-state index in [9.17, 15) is 4.79 Å². The van der Waals surface area contributed by atoms with E-state index in [1.54, 1.807) is 0 Å². The molecule has 1 saturated carbocycles. The lowest BCUT2D eigenvalue weighted by molar-refractivity contribution is 0.0952. The summed E-state index contributed by atoms with van der Waals surface area (Å²) in [6.07, 6.45) is 8.44. The molecule has 0 unspecified atom stereocenters. The summed E-state index contributed by atoms with van der Waals surface area (Å²) in [5.74, 6) is 2.53. The first-order chi connectivity index (χ1) is 11.8. The molecule has 1 aromatic heterocycles. The summed E-state index contributed by atoms with van der Waals surface area (Å²) in [5, 5.41) is 2.97. The molecule has 0 radical (unpaired) electrons. The SMILES string of the molecule is CCCCOc1ccc(C(=O)NCCn2ccnc2C2CC2)cc1. The highest BCUT2D eigenvalue weighted by atomic mass is 16.5. The molecule has 0 atom stereocenters. The van der Waals surface area contributed by atoms with E-state index in [-0.39, 0.29) is 5.91 Å². The predicted octanol–water partition coefficient (Wildman–Crippen LogP) is 3.37. The smallest absolute Gasteiger partial charge is 0.251 e. The fourth-order valence-electron chi connectivity index (χ4n) is 2.64.